The standard InChI is InChI=1S/C21H21N5O3/c1-2-23-19-17(20(27)28)9-10-18(26-19)15-5-7-16(8-6-15)25-21(29)24-13-14-4-3-11-22-12-14/h3-12H,2,13H2,1H3,(H,23,26)(H,27,28)(H2,24,25,29). The molecule has 2 aromatic heterocycles. The molecule has 0 aliphatic carbocycles. The van der Waals surface area contributed by atoms with E-state index >= 15 is 0 Å². The summed E-state index contributed by atoms with van der Waals surface area (Å²) in [7, 11) is 0. The molecule has 4 N–H and O–H groups in total. The molecule has 8 heteroatoms. The summed E-state index contributed by atoms with van der Waals surface area (Å²) in [5, 5.41) is 17.8. The first kappa shape index (κ1) is 19.8. The summed E-state index contributed by atoms with van der Waals surface area (Å²) in [4.78, 5) is 31.8. The van der Waals surface area contributed by atoms with Gasteiger partial charge in [-0.25, -0.2) is 14.6 Å². The lowest BCUT2D eigenvalue weighted by Gasteiger charge is -2.10. The summed E-state index contributed by atoms with van der Waals surface area (Å²) in [5.41, 5.74) is 3.11. The third-order valence-corrected chi connectivity index (χ3v) is 4.08. The molecular weight excluding hydrogens is 370 g/mol. The van der Waals surface area contributed by atoms with Crippen molar-refractivity contribution in [2.24, 2.45) is 0 Å². The number of amides is 2. The van der Waals surface area contributed by atoms with Crippen LogP contribution in [-0.2, 0) is 6.54 Å². The number of hydrogen-bond acceptors (Lipinski definition) is 5. The summed E-state index contributed by atoms with van der Waals surface area (Å²) in [6.07, 6.45) is 3.37. The fourth-order valence-electron chi connectivity index (χ4n) is 2.68. The van der Waals surface area contributed by atoms with Gasteiger partial charge in [0.15, 0.2) is 0 Å². The molecule has 3 rings (SSSR count). The van der Waals surface area contributed by atoms with Crippen LogP contribution in [-0.4, -0.2) is 33.6 Å². The lowest BCUT2D eigenvalue weighted by Crippen LogP contribution is -2.28. The third kappa shape index (κ3) is 5.29. The van der Waals surface area contributed by atoms with Crippen LogP contribution < -0.4 is 16.0 Å². The van der Waals surface area contributed by atoms with Crippen LogP contribution in [0.15, 0.2) is 60.9 Å². The molecule has 0 bridgehead atoms. The van der Waals surface area contributed by atoms with Gasteiger partial charge in [-0.05, 0) is 42.8 Å². The summed E-state index contributed by atoms with van der Waals surface area (Å²) >= 11 is 0. The lowest BCUT2D eigenvalue weighted by molar-refractivity contribution is 0.0697. The summed E-state index contributed by atoms with van der Waals surface area (Å²) in [5.74, 6) is -0.702. The molecule has 0 fully saturated rings. The number of carbonyl (C=O) groups excluding carboxylic acids is 1. The molecule has 0 saturated carbocycles. The number of aromatic nitrogens is 2. The van der Waals surface area contributed by atoms with Gasteiger partial charge in [-0.15, -0.1) is 0 Å². The molecule has 148 valence electrons. The second kappa shape index (κ2) is 9.32. The Hall–Kier alpha value is -3.94. The molecule has 0 aliphatic rings. The summed E-state index contributed by atoms with van der Waals surface area (Å²) < 4.78 is 0. The van der Waals surface area contributed by atoms with Crippen molar-refractivity contribution >= 4 is 23.5 Å². The van der Waals surface area contributed by atoms with E-state index in [0.29, 0.717) is 30.3 Å². The SMILES string of the molecule is CCNc1nc(-c2ccc(NC(=O)NCc3cccnc3)cc2)ccc1C(=O)O. The van der Waals surface area contributed by atoms with Gasteiger partial charge in [0.1, 0.15) is 11.4 Å². The van der Waals surface area contributed by atoms with Gasteiger partial charge in [0.2, 0.25) is 0 Å². The molecule has 8 nitrogen and oxygen atoms in total. The Balaban J connectivity index is 1.66. The number of rotatable bonds is 7. The van der Waals surface area contributed by atoms with E-state index < -0.39 is 5.97 Å². The maximum absolute atomic E-state index is 12.0. The lowest BCUT2D eigenvalue weighted by atomic mass is 10.1. The minimum Gasteiger partial charge on any atom is -0.478 e. The number of nitrogens with zero attached hydrogens (tertiary/aromatic N) is 2. The highest BCUT2D eigenvalue weighted by atomic mass is 16.4. The predicted molar refractivity (Wildman–Crippen MR) is 111 cm³/mol. The van der Waals surface area contributed by atoms with Gasteiger partial charge < -0.3 is 21.1 Å². The molecule has 0 spiro atoms. The second-order valence-corrected chi connectivity index (χ2v) is 6.17. The number of anilines is 2. The average molecular weight is 391 g/mol. The highest BCUT2D eigenvalue weighted by Gasteiger charge is 2.12. The monoisotopic (exact) mass is 391 g/mol. The number of aromatic carboxylic acids is 1. The molecule has 2 amide bonds. The van der Waals surface area contributed by atoms with Crippen LogP contribution in [0.2, 0.25) is 0 Å². The van der Waals surface area contributed by atoms with Crippen LogP contribution in [0, 0.1) is 0 Å². The topological polar surface area (TPSA) is 116 Å². The van der Waals surface area contributed by atoms with Gasteiger partial charge in [-0.3, -0.25) is 4.98 Å². The molecular formula is C21H21N5O3. The molecule has 0 atom stereocenters. The van der Waals surface area contributed by atoms with Crippen molar-refractivity contribution in [3.05, 3.63) is 72.1 Å². The van der Waals surface area contributed by atoms with Gasteiger partial charge in [-0.2, -0.15) is 0 Å². The number of nitrogens with one attached hydrogen (secondary N) is 3. The fraction of sp³-hybridized carbons (Fsp3) is 0.143. The molecule has 0 unspecified atom stereocenters. The van der Waals surface area contributed by atoms with Gasteiger partial charge in [0, 0.05) is 36.7 Å². The van der Waals surface area contributed by atoms with E-state index in [1.54, 1.807) is 30.6 Å². The van der Waals surface area contributed by atoms with Crippen molar-refractivity contribution in [1.29, 1.82) is 0 Å². The summed E-state index contributed by atoms with van der Waals surface area (Å²) in [6, 6.07) is 13.7. The Morgan fingerprint density at radius 2 is 1.86 bits per heavy atom. The van der Waals surface area contributed by atoms with Crippen molar-refractivity contribution in [2.45, 2.75) is 13.5 Å². The quantitative estimate of drug-likeness (QED) is 0.489. The van der Waals surface area contributed by atoms with E-state index in [4.69, 9.17) is 0 Å². The minimum atomic E-state index is -1.03. The van der Waals surface area contributed by atoms with Crippen molar-refractivity contribution in [1.82, 2.24) is 15.3 Å². The van der Waals surface area contributed by atoms with Gasteiger partial charge in [-0.1, -0.05) is 18.2 Å². The minimum absolute atomic E-state index is 0.124. The first-order valence-electron chi connectivity index (χ1n) is 9.09. The molecule has 29 heavy (non-hydrogen) atoms. The number of urea groups is 1. The fourth-order valence-corrected chi connectivity index (χ4v) is 2.68. The number of carbonyl (C=O) groups is 2. The van der Waals surface area contributed by atoms with Crippen LogP contribution in [0.5, 0.6) is 0 Å². The molecule has 0 aliphatic heterocycles. The Morgan fingerprint density at radius 3 is 2.52 bits per heavy atom. The maximum atomic E-state index is 12.0. The zero-order valence-electron chi connectivity index (χ0n) is 15.8. The van der Waals surface area contributed by atoms with Crippen LogP contribution >= 0.6 is 0 Å². The van der Waals surface area contributed by atoms with Crippen LogP contribution in [0.3, 0.4) is 0 Å². The Bertz CT molecular complexity index is 991. The highest BCUT2D eigenvalue weighted by molar-refractivity contribution is 5.94. The zero-order chi connectivity index (χ0) is 20.6. The number of carboxylic acids is 1. The first-order valence-corrected chi connectivity index (χ1v) is 9.09. The third-order valence-electron chi connectivity index (χ3n) is 4.08. The van der Waals surface area contributed by atoms with Gasteiger partial charge in [0.25, 0.3) is 0 Å². The van der Waals surface area contributed by atoms with Crippen molar-refractivity contribution in [2.75, 3.05) is 17.2 Å². The van der Waals surface area contributed by atoms with Crippen LogP contribution in [0.1, 0.15) is 22.8 Å². The average Bonchev–Trinajstić information content (AvgIpc) is 2.73. The molecule has 1 aromatic carbocycles. The Labute approximate surface area is 168 Å². The zero-order valence-corrected chi connectivity index (χ0v) is 15.8. The maximum Gasteiger partial charge on any atom is 0.339 e. The number of benzene rings is 1. The highest BCUT2D eigenvalue weighted by Crippen LogP contribution is 2.23. The van der Waals surface area contributed by atoms with Crippen molar-refractivity contribution in [3.63, 3.8) is 0 Å². The van der Waals surface area contributed by atoms with E-state index in [9.17, 15) is 14.7 Å². The number of hydrogen-bond donors (Lipinski definition) is 4. The molecule has 0 radical (unpaired) electrons. The second-order valence-electron chi connectivity index (χ2n) is 6.17. The summed E-state index contributed by atoms with van der Waals surface area (Å²) in [6.45, 7) is 2.82. The van der Waals surface area contributed by atoms with Crippen LogP contribution in [0.4, 0.5) is 16.3 Å². The van der Waals surface area contributed by atoms with Gasteiger partial charge in [0.05, 0.1) is 5.69 Å². The van der Waals surface area contributed by atoms with E-state index in [2.05, 4.69) is 25.9 Å². The van der Waals surface area contributed by atoms with Crippen LogP contribution in [0.25, 0.3) is 11.3 Å². The van der Waals surface area contributed by atoms with E-state index in [0.717, 1.165) is 11.1 Å². The number of carboxylic acid groups (broad SMARTS) is 1. The Morgan fingerprint density at radius 1 is 1.07 bits per heavy atom. The molecule has 3 aromatic rings. The Kier molecular flexibility index (Phi) is 6.36. The first-order chi connectivity index (χ1) is 14.1. The van der Waals surface area contributed by atoms with E-state index in [1.165, 1.54) is 6.07 Å². The van der Waals surface area contributed by atoms with E-state index in [1.807, 2.05) is 31.2 Å². The predicted octanol–water partition coefficient (Wildman–Crippen LogP) is 3.60. The smallest absolute Gasteiger partial charge is 0.339 e. The van der Waals surface area contributed by atoms with Crippen molar-refractivity contribution < 1.29 is 14.7 Å². The van der Waals surface area contributed by atoms with Gasteiger partial charge >= 0.3 is 12.0 Å². The van der Waals surface area contributed by atoms with Crippen molar-refractivity contribution in [3.8, 4) is 11.3 Å². The largest absolute Gasteiger partial charge is 0.478 e. The van der Waals surface area contributed by atoms with E-state index in [-0.39, 0.29) is 11.6 Å². The molecule has 2 heterocycles. The molecule has 0 saturated heterocycles. The number of pyridine rings is 2. The normalized spacial score (nSPS) is 10.2.